The van der Waals surface area contributed by atoms with Crippen molar-refractivity contribution < 1.29 is 4.74 Å². The van der Waals surface area contributed by atoms with Gasteiger partial charge in [0.15, 0.2) is 0 Å². The van der Waals surface area contributed by atoms with E-state index in [1.165, 1.54) is 5.57 Å². The van der Waals surface area contributed by atoms with Crippen molar-refractivity contribution in [3.8, 4) is 23.8 Å². The van der Waals surface area contributed by atoms with Gasteiger partial charge in [-0.2, -0.15) is 0 Å². The molecule has 0 bridgehead atoms. The first kappa shape index (κ1) is 13.5. The maximum Gasteiger partial charge on any atom is 0.135 e. The number of benzene rings is 2. The lowest BCUT2D eigenvalue weighted by atomic mass is 10.0. The van der Waals surface area contributed by atoms with Crippen LogP contribution in [0.4, 0.5) is 0 Å². The summed E-state index contributed by atoms with van der Waals surface area (Å²) in [6, 6.07) is 16.2. The number of fused-ring (bicyclic) bond motifs is 2. The molecule has 0 aromatic heterocycles. The Bertz CT molecular complexity index is 724. The zero-order valence-corrected chi connectivity index (χ0v) is 12.0. The topological polar surface area (TPSA) is 12.5 Å². The number of hydrogen-bond acceptors (Lipinski definition) is 2. The molecule has 0 amide bonds. The lowest BCUT2D eigenvalue weighted by Crippen LogP contribution is -2.20. The lowest BCUT2D eigenvalue weighted by molar-refractivity contribution is 0.425. The van der Waals surface area contributed by atoms with Gasteiger partial charge in [-0.3, -0.25) is 4.90 Å². The highest BCUT2D eigenvalue weighted by Crippen LogP contribution is 2.37. The molecule has 2 aromatic carbocycles. The monoisotopic (exact) mass is 275 g/mol. The Morgan fingerprint density at radius 1 is 1.05 bits per heavy atom. The van der Waals surface area contributed by atoms with E-state index < -0.39 is 0 Å². The lowest BCUT2D eigenvalue weighted by Gasteiger charge is -2.17. The Hall–Kier alpha value is -2.50. The molecule has 0 atom stereocenters. The molecule has 2 heteroatoms. The molecule has 104 valence electrons. The van der Waals surface area contributed by atoms with E-state index in [0.717, 1.165) is 29.2 Å². The van der Waals surface area contributed by atoms with E-state index in [0.29, 0.717) is 6.54 Å². The molecule has 2 nitrogen and oxygen atoms in total. The highest BCUT2D eigenvalue weighted by atomic mass is 16.5. The van der Waals surface area contributed by atoms with E-state index in [2.05, 4.69) is 29.0 Å². The maximum absolute atomic E-state index is 6.06. The van der Waals surface area contributed by atoms with Gasteiger partial charge in [-0.05, 0) is 30.8 Å². The van der Waals surface area contributed by atoms with Crippen LogP contribution in [0.15, 0.2) is 48.5 Å². The fraction of sp³-hybridized carbons (Fsp3) is 0.158. The molecule has 0 fully saturated rings. The van der Waals surface area contributed by atoms with E-state index in [1.54, 1.807) is 0 Å². The van der Waals surface area contributed by atoms with Gasteiger partial charge in [0.1, 0.15) is 11.5 Å². The van der Waals surface area contributed by atoms with Gasteiger partial charge < -0.3 is 4.74 Å². The van der Waals surface area contributed by atoms with Crippen LogP contribution in [0.5, 0.6) is 11.5 Å². The third-order valence-corrected chi connectivity index (χ3v) is 3.50. The molecular formula is C19H17NO. The summed E-state index contributed by atoms with van der Waals surface area (Å²) < 4.78 is 6.06. The smallest absolute Gasteiger partial charge is 0.135 e. The summed E-state index contributed by atoms with van der Waals surface area (Å²) in [4.78, 5) is 2.12. The van der Waals surface area contributed by atoms with Crippen molar-refractivity contribution in [3.63, 3.8) is 0 Å². The molecule has 1 heterocycles. The molecule has 0 radical (unpaired) electrons. The summed E-state index contributed by atoms with van der Waals surface area (Å²) in [7, 11) is 2.03. The van der Waals surface area contributed by atoms with Crippen molar-refractivity contribution in [2.45, 2.75) is 0 Å². The average Bonchev–Trinajstić information content (AvgIpc) is 2.64. The second-order valence-electron chi connectivity index (χ2n) is 5.18. The molecule has 3 rings (SSSR count). The summed E-state index contributed by atoms with van der Waals surface area (Å²) in [6.07, 6.45) is 7.59. The molecular weight excluding hydrogens is 258 g/mol. The molecule has 2 aromatic rings. The Balaban J connectivity index is 2.07. The van der Waals surface area contributed by atoms with E-state index in [4.69, 9.17) is 11.2 Å². The highest BCUT2D eigenvalue weighted by molar-refractivity contribution is 5.87. The second kappa shape index (κ2) is 5.87. The van der Waals surface area contributed by atoms with Crippen molar-refractivity contribution in [3.05, 3.63) is 59.7 Å². The number of terminal acetylenes is 1. The third-order valence-electron chi connectivity index (χ3n) is 3.50. The first-order valence-electron chi connectivity index (χ1n) is 6.97. The van der Waals surface area contributed by atoms with E-state index in [-0.39, 0.29) is 0 Å². The largest absolute Gasteiger partial charge is 0.456 e. The fourth-order valence-corrected chi connectivity index (χ4v) is 2.53. The van der Waals surface area contributed by atoms with Gasteiger partial charge in [0.25, 0.3) is 0 Å². The van der Waals surface area contributed by atoms with Gasteiger partial charge >= 0.3 is 0 Å². The van der Waals surface area contributed by atoms with Crippen LogP contribution >= 0.6 is 0 Å². The Kier molecular flexibility index (Phi) is 3.77. The zero-order valence-electron chi connectivity index (χ0n) is 12.0. The van der Waals surface area contributed by atoms with Gasteiger partial charge in [0.2, 0.25) is 0 Å². The second-order valence-corrected chi connectivity index (χ2v) is 5.18. The Morgan fingerprint density at radius 2 is 1.76 bits per heavy atom. The first-order chi connectivity index (χ1) is 10.3. The standard InChI is InChI=1S/C19H17NO/c1-3-12-20(2)14-16-13-15-8-4-6-10-18(15)21-19-11-7-5-9-17(16)19/h1,4-11,13H,12,14H2,2H3. The highest BCUT2D eigenvalue weighted by Gasteiger charge is 2.16. The molecule has 0 aliphatic carbocycles. The van der Waals surface area contributed by atoms with E-state index >= 15 is 0 Å². The number of rotatable bonds is 3. The normalized spacial score (nSPS) is 12.5. The van der Waals surface area contributed by atoms with Crippen molar-refractivity contribution in [1.29, 1.82) is 0 Å². The minimum atomic E-state index is 0.627. The van der Waals surface area contributed by atoms with E-state index in [1.807, 2.05) is 43.4 Å². The van der Waals surface area contributed by atoms with Gasteiger partial charge in [0.05, 0.1) is 6.54 Å². The van der Waals surface area contributed by atoms with Gasteiger partial charge in [0, 0.05) is 17.7 Å². The van der Waals surface area contributed by atoms with Gasteiger partial charge in [-0.25, -0.2) is 0 Å². The molecule has 0 saturated carbocycles. The van der Waals surface area contributed by atoms with Crippen LogP contribution in [-0.4, -0.2) is 25.0 Å². The molecule has 0 saturated heterocycles. The summed E-state index contributed by atoms with van der Waals surface area (Å²) >= 11 is 0. The Labute approximate surface area is 125 Å². The molecule has 21 heavy (non-hydrogen) atoms. The number of hydrogen-bond donors (Lipinski definition) is 0. The quantitative estimate of drug-likeness (QED) is 0.788. The summed E-state index contributed by atoms with van der Waals surface area (Å²) in [5.74, 6) is 4.46. The predicted octanol–water partition coefficient (Wildman–Crippen LogP) is 3.90. The SMILES string of the molecule is C#CCN(C)CC1=Cc2ccccc2Oc2ccccc21. The minimum absolute atomic E-state index is 0.627. The van der Waals surface area contributed by atoms with Crippen LogP contribution in [0.1, 0.15) is 11.1 Å². The molecule has 1 aliphatic heterocycles. The van der Waals surface area contributed by atoms with Crippen LogP contribution in [0.3, 0.4) is 0 Å². The van der Waals surface area contributed by atoms with Crippen LogP contribution in [0.25, 0.3) is 11.6 Å². The van der Waals surface area contributed by atoms with Crippen LogP contribution in [0, 0.1) is 12.3 Å². The van der Waals surface area contributed by atoms with Crippen LogP contribution in [-0.2, 0) is 0 Å². The number of ether oxygens (including phenoxy) is 1. The first-order valence-corrected chi connectivity index (χ1v) is 6.97. The predicted molar refractivity (Wildman–Crippen MR) is 87.2 cm³/mol. The number of para-hydroxylation sites is 2. The van der Waals surface area contributed by atoms with Gasteiger partial charge in [-0.1, -0.05) is 42.3 Å². The van der Waals surface area contributed by atoms with Crippen molar-refractivity contribution in [2.24, 2.45) is 0 Å². The van der Waals surface area contributed by atoms with Crippen molar-refractivity contribution in [1.82, 2.24) is 4.90 Å². The van der Waals surface area contributed by atoms with Crippen molar-refractivity contribution >= 4 is 11.6 Å². The van der Waals surface area contributed by atoms with Crippen LogP contribution < -0.4 is 4.74 Å². The fourth-order valence-electron chi connectivity index (χ4n) is 2.53. The molecule has 0 N–H and O–H groups in total. The minimum Gasteiger partial charge on any atom is -0.456 e. The van der Waals surface area contributed by atoms with Gasteiger partial charge in [-0.15, -0.1) is 6.42 Å². The Morgan fingerprint density at radius 3 is 2.57 bits per heavy atom. The molecule has 0 unspecified atom stereocenters. The summed E-state index contributed by atoms with van der Waals surface area (Å²) in [6.45, 7) is 1.42. The zero-order chi connectivity index (χ0) is 14.7. The average molecular weight is 275 g/mol. The third kappa shape index (κ3) is 2.84. The number of likely N-dealkylation sites (N-methyl/N-ethyl adjacent to an activating group) is 1. The van der Waals surface area contributed by atoms with Crippen molar-refractivity contribution in [2.75, 3.05) is 20.1 Å². The van der Waals surface area contributed by atoms with Crippen LogP contribution in [0.2, 0.25) is 0 Å². The molecule has 0 spiro atoms. The maximum atomic E-state index is 6.06. The summed E-state index contributed by atoms with van der Waals surface area (Å²) in [5.41, 5.74) is 3.43. The number of nitrogens with zero attached hydrogens (tertiary/aromatic N) is 1. The summed E-state index contributed by atoms with van der Waals surface area (Å²) in [5, 5.41) is 0. The van der Waals surface area contributed by atoms with E-state index in [9.17, 15) is 0 Å². The molecule has 1 aliphatic rings.